The van der Waals surface area contributed by atoms with Crippen LogP contribution >= 0.6 is 17.0 Å². The molecule has 0 atom stereocenters. The van der Waals surface area contributed by atoms with Crippen LogP contribution in [0.5, 0.6) is 0 Å². The number of halogens is 2. The fourth-order valence-electron chi connectivity index (χ4n) is 8.59. The minimum atomic E-state index is -0.826. The van der Waals surface area contributed by atoms with Crippen LogP contribution in [0.1, 0.15) is 101 Å². The zero-order chi connectivity index (χ0) is 42.8. The first-order chi connectivity index (χ1) is 29.2. The van der Waals surface area contributed by atoms with Gasteiger partial charge in [-0.3, -0.25) is 0 Å². The summed E-state index contributed by atoms with van der Waals surface area (Å²) in [4.78, 5) is 0. The quantitative estimate of drug-likeness (QED) is 0.105. The van der Waals surface area contributed by atoms with E-state index in [9.17, 15) is 0 Å². The summed E-state index contributed by atoms with van der Waals surface area (Å²) in [6.45, 7) is 18.1. The molecule has 4 heteroatoms. The van der Waals surface area contributed by atoms with Gasteiger partial charge in [0.05, 0.1) is 9.52 Å². The van der Waals surface area contributed by atoms with E-state index in [1.165, 1.54) is 98.7 Å². The molecule has 0 unspecified atom stereocenters. The van der Waals surface area contributed by atoms with Gasteiger partial charge in [-0.05, 0) is 59.8 Å². The molecule has 0 aliphatic carbocycles. The van der Waals surface area contributed by atoms with Crippen LogP contribution in [-0.4, -0.2) is 9.52 Å². The monoisotopic (exact) mass is 917 g/mol. The van der Waals surface area contributed by atoms with E-state index in [1.54, 1.807) is 0 Å². The van der Waals surface area contributed by atoms with E-state index in [-0.39, 0.29) is 0 Å². The van der Waals surface area contributed by atoms with Crippen LogP contribution in [0, 0.1) is 6.07 Å². The molecule has 2 radical (unpaired) electrons. The van der Waals surface area contributed by atoms with Gasteiger partial charge in [0.2, 0.25) is 0 Å². The second-order valence-electron chi connectivity index (χ2n) is 16.0. The maximum Gasteiger partial charge on any atom is 0.0920 e. The molecule has 8 aromatic rings. The van der Waals surface area contributed by atoms with E-state index < -0.39 is 20.8 Å². The van der Waals surface area contributed by atoms with Crippen LogP contribution < -0.4 is 10.4 Å². The summed E-state index contributed by atoms with van der Waals surface area (Å²) in [5.41, 5.74) is 17.2. The summed E-state index contributed by atoms with van der Waals surface area (Å²) in [5.74, 6) is 1.08. The van der Waals surface area contributed by atoms with Crippen molar-refractivity contribution in [2.24, 2.45) is 0 Å². The van der Waals surface area contributed by atoms with Crippen LogP contribution in [-0.2, 0) is 46.5 Å². The molecule has 9 rings (SSSR count). The Morgan fingerprint density at radius 3 is 1.42 bits per heavy atom. The molecule has 0 N–H and O–H groups in total. The van der Waals surface area contributed by atoms with Crippen molar-refractivity contribution in [2.75, 3.05) is 0 Å². The van der Waals surface area contributed by atoms with Crippen molar-refractivity contribution in [3.05, 3.63) is 179 Å². The molecule has 0 spiro atoms. The summed E-state index contributed by atoms with van der Waals surface area (Å²) in [5, 5.41) is 8.42. The Morgan fingerprint density at radius 1 is 0.533 bits per heavy atom. The van der Waals surface area contributed by atoms with Gasteiger partial charge in [0.1, 0.15) is 0 Å². The van der Waals surface area contributed by atoms with Crippen LogP contribution in [0.3, 0.4) is 0 Å². The Labute approximate surface area is 381 Å². The second-order valence-corrected chi connectivity index (χ2v) is 21.1. The topological polar surface area (TPSA) is 0 Å². The van der Waals surface area contributed by atoms with Gasteiger partial charge in [0.15, 0.2) is 0 Å². The number of hydrogen-bond donors (Lipinski definition) is 0. The Bertz CT molecular complexity index is 2460. The first-order valence-corrected chi connectivity index (χ1v) is 28.9. The smallest absolute Gasteiger partial charge is 0.0920 e. The van der Waals surface area contributed by atoms with Crippen LogP contribution in [0.2, 0.25) is 0 Å². The Balaban J connectivity index is 0.000000150. The van der Waals surface area contributed by atoms with Gasteiger partial charge in [0.25, 0.3) is 0 Å². The molecule has 60 heavy (non-hydrogen) atoms. The van der Waals surface area contributed by atoms with Gasteiger partial charge >= 0.3 is 37.9 Å². The van der Waals surface area contributed by atoms with Gasteiger partial charge in [-0.1, -0.05) is 161 Å². The van der Waals surface area contributed by atoms with Gasteiger partial charge in [-0.25, -0.2) is 0 Å². The van der Waals surface area contributed by atoms with Crippen molar-refractivity contribution >= 4 is 58.5 Å². The molecule has 0 nitrogen and oxygen atoms in total. The molecule has 0 aromatic heterocycles. The third-order valence-corrected chi connectivity index (χ3v) is 13.1. The van der Waals surface area contributed by atoms with E-state index in [2.05, 4.69) is 195 Å². The molecule has 0 amide bonds. The van der Waals surface area contributed by atoms with Crippen molar-refractivity contribution in [1.82, 2.24) is 0 Å². The van der Waals surface area contributed by atoms with Crippen molar-refractivity contribution in [3.63, 3.8) is 0 Å². The largest absolute Gasteiger partial charge is 0.184 e. The third-order valence-electron chi connectivity index (χ3n) is 11.7. The summed E-state index contributed by atoms with van der Waals surface area (Å²) in [6, 6.07) is 54.6. The zero-order valence-electron chi connectivity index (χ0n) is 36.5. The molecule has 1 heterocycles. The number of fused-ring (bicyclic) bond motifs is 5. The molecule has 0 bridgehead atoms. The Morgan fingerprint density at radius 2 is 0.967 bits per heavy atom. The first-order valence-electron chi connectivity index (χ1n) is 21.6. The third kappa shape index (κ3) is 10.3. The summed E-state index contributed by atoms with van der Waals surface area (Å²) in [7, 11) is 10.7. The minimum absolute atomic E-state index is 0.539. The molecule has 0 saturated heterocycles. The SMILES string of the molecule is CCc1cc2c(-c3ccccc3C(C)C)c(CC)ccc2[cH-]1.CCc1cc2c(-c3ccccc3C(C)C)c(CC)ccc2[cH-]1.[Cl][Zr][Cl].[c-]1cccc2c1[Si]c1ccccc1-2. The normalized spacial score (nSPS) is 11.3. The number of aryl methyl sites for hydroxylation is 4. The van der Waals surface area contributed by atoms with Crippen LogP contribution in [0.4, 0.5) is 0 Å². The van der Waals surface area contributed by atoms with Gasteiger partial charge in [-0.15, -0.1) is 74.6 Å². The fraction of sp³-hybridized carbons (Fsp3) is 0.250. The van der Waals surface area contributed by atoms with Crippen molar-refractivity contribution < 1.29 is 20.8 Å². The van der Waals surface area contributed by atoms with Crippen molar-refractivity contribution in [1.29, 1.82) is 0 Å². The van der Waals surface area contributed by atoms with E-state index in [0.717, 1.165) is 35.2 Å². The number of hydrogen-bond acceptors (Lipinski definition) is 0. The van der Waals surface area contributed by atoms with Gasteiger partial charge < -0.3 is 0 Å². The predicted octanol–water partition coefficient (Wildman–Crippen LogP) is 15.4. The second kappa shape index (κ2) is 21.8. The molecule has 0 saturated carbocycles. The number of benzene rings is 6. The molecule has 8 aromatic carbocycles. The first kappa shape index (κ1) is 45.7. The van der Waals surface area contributed by atoms with Crippen LogP contribution in [0.15, 0.2) is 140 Å². The maximum atomic E-state index is 4.93. The minimum Gasteiger partial charge on any atom is -0.184 e. The average molecular weight is 920 g/mol. The van der Waals surface area contributed by atoms with Gasteiger partial charge in [0, 0.05) is 0 Å². The van der Waals surface area contributed by atoms with Gasteiger partial charge in [-0.2, -0.15) is 41.6 Å². The predicted molar refractivity (Wildman–Crippen MR) is 263 cm³/mol. The van der Waals surface area contributed by atoms with E-state index in [1.807, 2.05) is 6.07 Å². The van der Waals surface area contributed by atoms with Crippen molar-refractivity contribution in [3.8, 4) is 33.4 Å². The van der Waals surface area contributed by atoms with E-state index >= 15 is 0 Å². The summed E-state index contributed by atoms with van der Waals surface area (Å²) in [6.07, 6.45) is 4.34. The molecular weight excluding hydrogens is 863 g/mol. The molecule has 1 aliphatic heterocycles. The van der Waals surface area contributed by atoms with Crippen molar-refractivity contribution in [2.45, 2.75) is 92.9 Å². The van der Waals surface area contributed by atoms with E-state index in [0.29, 0.717) is 11.8 Å². The molecule has 0 fully saturated rings. The molecule has 306 valence electrons. The zero-order valence-corrected chi connectivity index (χ0v) is 41.5. The maximum absolute atomic E-state index is 4.93. The summed E-state index contributed by atoms with van der Waals surface area (Å²) < 4.78 is 0. The molecular formula is C56H57Cl2SiZr-3. The fourth-order valence-corrected chi connectivity index (χ4v) is 9.90. The summed E-state index contributed by atoms with van der Waals surface area (Å²) >= 11 is -0.826. The molecule has 1 aliphatic rings. The average Bonchev–Trinajstić information content (AvgIpc) is 4.01. The Hall–Kier alpha value is -3.78. The number of rotatable bonds is 8. The Kier molecular flexibility index (Phi) is 16.6. The van der Waals surface area contributed by atoms with Crippen LogP contribution in [0.25, 0.3) is 54.9 Å². The standard InChI is InChI=1S/2C22H25.C12H7Si.2ClH.Zr/c2*1-5-16-13-18-12-11-17(6-2)22(21(18)14-16)20-10-8-7-9-19(20)15(3)4;1-3-7-11-9(5-1)10-6-2-4-8-12(10)13-11;;;/h2*7-15H,5-6H2,1-4H3;1-7H;2*1H;/q3*-1;;;+2/p-2. The van der Waals surface area contributed by atoms with E-state index in [4.69, 9.17) is 17.0 Å².